The van der Waals surface area contributed by atoms with Crippen LogP contribution < -0.4 is 4.74 Å². The molecule has 3 nitrogen and oxygen atoms in total. The minimum atomic E-state index is -0.810. The van der Waals surface area contributed by atoms with Gasteiger partial charge in [0.05, 0.1) is 12.7 Å². The summed E-state index contributed by atoms with van der Waals surface area (Å²) in [5.74, 6) is 0.778. The van der Waals surface area contributed by atoms with E-state index >= 15 is 0 Å². The Balaban J connectivity index is 1.89. The Labute approximate surface area is 83.3 Å². The number of ether oxygens (including phenoxy) is 2. The lowest BCUT2D eigenvalue weighted by Crippen LogP contribution is -2.60. The summed E-state index contributed by atoms with van der Waals surface area (Å²) in [6.07, 6.45) is -0.133. The van der Waals surface area contributed by atoms with E-state index in [9.17, 15) is 5.11 Å². The van der Waals surface area contributed by atoms with Crippen molar-refractivity contribution in [1.29, 1.82) is 0 Å². The van der Waals surface area contributed by atoms with Gasteiger partial charge in [-0.25, -0.2) is 0 Å². The van der Waals surface area contributed by atoms with Crippen molar-refractivity contribution in [3.8, 4) is 5.75 Å². The van der Waals surface area contributed by atoms with E-state index in [0.717, 1.165) is 5.75 Å². The van der Waals surface area contributed by atoms with Crippen LogP contribution in [0.2, 0.25) is 0 Å². The monoisotopic (exact) mass is 194 g/mol. The van der Waals surface area contributed by atoms with E-state index in [1.165, 1.54) is 0 Å². The molecule has 1 N–H and O–H groups in total. The van der Waals surface area contributed by atoms with Gasteiger partial charge >= 0.3 is 0 Å². The van der Waals surface area contributed by atoms with Crippen LogP contribution in [0, 0.1) is 0 Å². The molecule has 1 fully saturated rings. The van der Waals surface area contributed by atoms with Crippen LogP contribution >= 0.6 is 0 Å². The third kappa shape index (κ3) is 1.74. The van der Waals surface area contributed by atoms with Gasteiger partial charge in [-0.2, -0.15) is 0 Å². The largest absolute Gasteiger partial charge is 0.490 e. The molecule has 3 heteroatoms. The summed E-state index contributed by atoms with van der Waals surface area (Å²) in [7, 11) is 0. The zero-order chi connectivity index (χ0) is 10.0. The molecule has 14 heavy (non-hydrogen) atoms. The van der Waals surface area contributed by atoms with Crippen LogP contribution in [0.25, 0.3) is 0 Å². The summed E-state index contributed by atoms with van der Waals surface area (Å²) >= 11 is 0. The maximum atomic E-state index is 9.89. The van der Waals surface area contributed by atoms with Crippen molar-refractivity contribution < 1.29 is 14.6 Å². The Morgan fingerprint density at radius 3 is 2.71 bits per heavy atom. The summed E-state index contributed by atoms with van der Waals surface area (Å²) in [5.41, 5.74) is -0.810. The van der Waals surface area contributed by atoms with Gasteiger partial charge in [0.15, 0.2) is 0 Å². The van der Waals surface area contributed by atoms with E-state index in [1.54, 1.807) is 0 Å². The van der Waals surface area contributed by atoms with E-state index in [-0.39, 0.29) is 12.7 Å². The average molecular weight is 194 g/mol. The number of hydrogen-bond donors (Lipinski definition) is 1. The maximum Gasteiger partial charge on any atom is 0.147 e. The minimum Gasteiger partial charge on any atom is -0.490 e. The predicted octanol–water partition coefficient (Wildman–Crippen LogP) is 1.22. The Morgan fingerprint density at radius 2 is 2.21 bits per heavy atom. The Hall–Kier alpha value is -1.06. The van der Waals surface area contributed by atoms with Gasteiger partial charge < -0.3 is 14.6 Å². The lowest BCUT2D eigenvalue weighted by Gasteiger charge is -2.42. The molecule has 1 saturated heterocycles. The second kappa shape index (κ2) is 3.59. The molecule has 0 amide bonds. The molecule has 1 aliphatic heterocycles. The van der Waals surface area contributed by atoms with Crippen molar-refractivity contribution in [2.75, 3.05) is 13.2 Å². The molecular weight excluding hydrogens is 180 g/mol. The van der Waals surface area contributed by atoms with Crippen LogP contribution in [0.4, 0.5) is 0 Å². The molecule has 1 aliphatic rings. The first-order chi connectivity index (χ1) is 6.71. The van der Waals surface area contributed by atoms with Gasteiger partial charge in [0.25, 0.3) is 0 Å². The fourth-order valence-electron chi connectivity index (χ4n) is 1.33. The van der Waals surface area contributed by atoms with Gasteiger partial charge in [-0.3, -0.25) is 0 Å². The summed E-state index contributed by atoms with van der Waals surface area (Å²) < 4.78 is 10.6. The molecule has 1 aromatic carbocycles. The third-order valence-corrected chi connectivity index (χ3v) is 2.57. The minimum absolute atomic E-state index is 0.133. The fourth-order valence-corrected chi connectivity index (χ4v) is 1.33. The van der Waals surface area contributed by atoms with Crippen molar-refractivity contribution in [3.05, 3.63) is 30.3 Å². The van der Waals surface area contributed by atoms with Crippen molar-refractivity contribution in [2.45, 2.75) is 18.6 Å². The molecule has 2 unspecified atom stereocenters. The summed E-state index contributed by atoms with van der Waals surface area (Å²) in [6, 6.07) is 9.47. The summed E-state index contributed by atoms with van der Waals surface area (Å²) in [4.78, 5) is 0. The van der Waals surface area contributed by atoms with Gasteiger partial charge in [0.2, 0.25) is 0 Å². The van der Waals surface area contributed by atoms with E-state index in [4.69, 9.17) is 9.47 Å². The lowest BCUT2D eigenvalue weighted by molar-refractivity contribution is -0.240. The topological polar surface area (TPSA) is 38.7 Å². The van der Waals surface area contributed by atoms with Gasteiger partial charge in [0, 0.05) is 0 Å². The molecule has 0 bridgehead atoms. The molecule has 0 aliphatic carbocycles. The second-order valence-corrected chi connectivity index (χ2v) is 3.66. The van der Waals surface area contributed by atoms with Crippen LogP contribution in [0.15, 0.2) is 30.3 Å². The standard InChI is InChI=1S/C11H14O3/c1-9-11(12,7-13-9)8-14-10-5-3-2-4-6-10/h2-6,9,12H,7-8H2,1H3. The third-order valence-electron chi connectivity index (χ3n) is 2.57. The highest BCUT2D eigenvalue weighted by Crippen LogP contribution is 2.26. The number of benzene rings is 1. The molecule has 1 heterocycles. The van der Waals surface area contributed by atoms with Gasteiger partial charge in [0.1, 0.15) is 18.0 Å². The fraction of sp³-hybridized carbons (Fsp3) is 0.455. The Morgan fingerprint density at radius 1 is 1.50 bits per heavy atom. The van der Waals surface area contributed by atoms with E-state index in [0.29, 0.717) is 6.61 Å². The maximum absolute atomic E-state index is 9.89. The molecule has 76 valence electrons. The van der Waals surface area contributed by atoms with Gasteiger partial charge in [-0.15, -0.1) is 0 Å². The van der Waals surface area contributed by atoms with Crippen molar-refractivity contribution >= 4 is 0 Å². The van der Waals surface area contributed by atoms with Crippen molar-refractivity contribution in [2.24, 2.45) is 0 Å². The zero-order valence-electron chi connectivity index (χ0n) is 8.14. The molecule has 0 saturated carbocycles. The first-order valence-corrected chi connectivity index (χ1v) is 4.72. The number of rotatable bonds is 3. The van der Waals surface area contributed by atoms with Crippen molar-refractivity contribution in [3.63, 3.8) is 0 Å². The quantitative estimate of drug-likeness (QED) is 0.786. The highest BCUT2D eigenvalue weighted by molar-refractivity contribution is 5.21. The van der Waals surface area contributed by atoms with Crippen LogP contribution in [0.1, 0.15) is 6.92 Å². The van der Waals surface area contributed by atoms with Crippen LogP contribution in [-0.4, -0.2) is 30.0 Å². The number of hydrogen-bond acceptors (Lipinski definition) is 3. The van der Waals surface area contributed by atoms with Gasteiger partial charge in [-0.05, 0) is 19.1 Å². The normalized spacial score (nSPS) is 30.9. The highest BCUT2D eigenvalue weighted by atomic mass is 16.6. The Bertz CT molecular complexity index is 299. The van der Waals surface area contributed by atoms with E-state index < -0.39 is 5.60 Å². The first-order valence-electron chi connectivity index (χ1n) is 4.72. The molecule has 2 rings (SSSR count). The summed E-state index contributed by atoms with van der Waals surface area (Å²) in [6.45, 7) is 2.50. The molecule has 2 atom stereocenters. The zero-order valence-corrected chi connectivity index (χ0v) is 8.14. The second-order valence-electron chi connectivity index (χ2n) is 3.66. The molecule has 0 radical (unpaired) electrons. The smallest absolute Gasteiger partial charge is 0.147 e. The highest BCUT2D eigenvalue weighted by Gasteiger charge is 2.44. The lowest BCUT2D eigenvalue weighted by atomic mass is 9.95. The number of para-hydroxylation sites is 1. The van der Waals surface area contributed by atoms with E-state index in [1.807, 2.05) is 37.3 Å². The van der Waals surface area contributed by atoms with Crippen LogP contribution in [0.3, 0.4) is 0 Å². The Kier molecular flexibility index (Phi) is 2.44. The number of aliphatic hydroxyl groups is 1. The molecular formula is C11H14O3. The molecule has 0 spiro atoms. The first kappa shape index (κ1) is 9.49. The summed E-state index contributed by atoms with van der Waals surface area (Å²) in [5, 5.41) is 9.89. The SMILES string of the molecule is CC1OCC1(O)COc1ccccc1. The van der Waals surface area contributed by atoms with Gasteiger partial charge in [-0.1, -0.05) is 18.2 Å². The molecule has 1 aromatic rings. The van der Waals surface area contributed by atoms with Crippen LogP contribution in [0.5, 0.6) is 5.75 Å². The van der Waals surface area contributed by atoms with Crippen LogP contribution in [-0.2, 0) is 4.74 Å². The predicted molar refractivity (Wildman–Crippen MR) is 52.3 cm³/mol. The van der Waals surface area contributed by atoms with Crippen molar-refractivity contribution in [1.82, 2.24) is 0 Å². The van der Waals surface area contributed by atoms with E-state index in [2.05, 4.69) is 0 Å². The molecule has 0 aromatic heterocycles. The average Bonchev–Trinajstić information content (AvgIpc) is 2.25.